The number of aromatic nitrogens is 2. The average Bonchev–Trinajstić information content (AvgIpc) is 2.60. The van der Waals surface area contributed by atoms with Crippen molar-refractivity contribution in [3.63, 3.8) is 0 Å². The van der Waals surface area contributed by atoms with E-state index in [0.717, 1.165) is 0 Å². The second-order valence-corrected chi connectivity index (χ2v) is 3.64. The molecule has 0 amide bonds. The van der Waals surface area contributed by atoms with Crippen LogP contribution in [0.4, 0.5) is 0 Å². The molecule has 0 saturated carbocycles. The maximum absolute atomic E-state index is 7.23. The molecule has 2 heterocycles. The van der Waals surface area contributed by atoms with Gasteiger partial charge in [-0.15, -0.1) is 0 Å². The topological polar surface area (TPSA) is 58.2 Å². The summed E-state index contributed by atoms with van der Waals surface area (Å²) in [6, 6.07) is 0.953. The van der Waals surface area contributed by atoms with Gasteiger partial charge in [-0.1, -0.05) is 18.6 Å². The standard InChI is InChI=1S/C8H14N4O/c1-6-3-4-7(2)12(6)11-5-8(9)13-10-11/h5-7,9H,3-4H2,1-2H3. The summed E-state index contributed by atoms with van der Waals surface area (Å²) in [7, 11) is 0. The van der Waals surface area contributed by atoms with E-state index in [-0.39, 0.29) is 5.55 Å². The summed E-state index contributed by atoms with van der Waals surface area (Å²) in [5.41, 5.74) is 0.103. The number of hydrogen-bond acceptors (Lipinski definition) is 3. The first-order valence-corrected chi connectivity index (χ1v) is 4.57. The minimum absolute atomic E-state index is 0.103. The van der Waals surface area contributed by atoms with Crippen molar-refractivity contribution < 1.29 is 9.31 Å². The zero-order valence-corrected chi connectivity index (χ0v) is 7.90. The number of nitrogens with one attached hydrogen (secondary N) is 1. The van der Waals surface area contributed by atoms with Gasteiger partial charge in [-0.05, 0) is 18.1 Å². The summed E-state index contributed by atoms with van der Waals surface area (Å²) in [4.78, 5) is 1.64. The molecule has 1 aliphatic heterocycles. The molecular weight excluding hydrogens is 168 g/mol. The molecule has 1 aromatic heterocycles. The second kappa shape index (κ2) is 2.90. The fraction of sp³-hybridized carbons (Fsp3) is 0.750. The summed E-state index contributed by atoms with van der Waals surface area (Å²) in [5.74, 6) is 0. The smallest absolute Gasteiger partial charge is 0.286 e. The lowest BCUT2D eigenvalue weighted by molar-refractivity contribution is -0.768. The zero-order valence-electron chi connectivity index (χ0n) is 7.90. The van der Waals surface area contributed by atoms with Crippen LogP contribution >= 0.6 is 0 Å². The van der Waals surface area contributed by atoms with Gasteiger partial charge in [0.05, 0.1) is 0 Å². The van der Waals surface area contributed by atoms with Crippen LogP contribution in [0.5, 0.6) is 0 Å². The second-order valence-electron chi connectivity index (χ2n) is 3.64. The first kappa shape index (κ1) is 8.34. The molecule has 1 N–H and O–H groups in total. The highest BCUT2D eigenvalue weighted by Crippen LogP contribution is 2.17. The summed E-state index contributed by atoms with van der Waals surface area (Å²) in [5, 5.41) is 13.2. The third-order valence-corrected chi connectivity index (χ3v) is 2.60. The Hall–Kier alpha value is -1.26. The lowest BCUT2D eigenvalue weighted by atomic mass is 10.2. The number of hydrogen-bond donors (Lipinski definition) is 1. The summed E-state index contributed by atoms with van der Waals surface area (Å²) in [6.07, 6.45) is 3.95. The summed E-state index contributed by atoms with van der Waals surface area (Å²) >= 11 is 0. The van der Waals surface area contributed by atoms with E-state index in [2.05, 4.69) is 24.1 Å². The fourth-order valence-electron chi connectivity index (χ4n) is 1.93. The molecular formula is C8H14N4O. The Labute approximate surface area is 76.4 Å². The van der Waals surface area contributed by atoms with Gasteiger partial charge in [-0.2, -0.15) is 0 Å². The van der Waals surface area contributed by atoms with Crippen molar-refractivity contribution in [3.8, 4) is 0 Å². The normalized spacial score (nSPS) is 28.3. The maximum atomic E-state index is 7.23. The molecule has 0 radical (unpaired) electrons. The number of nitrogens with zero attached hydrogens (tertiary/aromatic N) is 3. The third kappa shape index (κ3) is 1.34. The molecule has 5 heteroatoms. The van der Waals surface area contributed by atoms with Crippen LogP contribution in [0, 0.1) is 5.41 Å². The molecule has 5 nitrogen and oxygen atoms in total. The Balaban J connectivity index is 2.29. The molecule has 0 spiro atoms. The van der Waals surface area contributed by atoms with E-state index in [0.29, 0.717) is 12.1 Å². The van der Waals surface area contributed by atoms with Crippen molar-refractivity contribution in [2.75, 3.05) is 5.01 Å². The van der Waals surface area contributed by atoms with E-state index in [9.17, 15) is 0 Å². The molecule has 0 bridgehead atoms. The molecule has 72 valence electrons. The maximum Gasteiger partial charge on any atom is 0.286 e. The van der Waals surface area contributed by atoms with E-state index in [1.807, 2.05) is 0 Å². The van der Waals surface area contributed by atoms with Crippen LogP contribution in [0.1, 0.15) is 26.7 Å². The lowest BCUT2D eigenvalue weighted by Gasteiger charge is -2.25. The Morgan fingerprint density at radius 2 is 2.15 bits per heavy atom. The van der Waals surface area contributed by atoms with Crippen molar-refractivity contribution in [1.29, 1.82) is 5.41 Å². The highest BCUT2D eigenvalue weighted by atomic mass is 16.5. The monoisotopic (exact) mass is 182 g/mol. The third-order valence-electron chi connectivity index (χ3n) is 2.60. The zero-order chi connectivity index (χ0) is 9.42. The van der Waals surface area contributed by atoms with Crippen molar-refractivity contribution in [1.82, 2.24) is 5.27 Å². The van der Waals surface area contributed by atoms with Gasteiger partial charge in [0.15, 0.2) is 0 Å². The van der Waals surface area contributed by atoms with Gasteiger partial charge < -0.3 is 4.52 Å². The highest BCUT2D eigenvalue weighted by molar-refractivity contribution is 4.93. The average molecular weight is 182 g/mol. The van der Waals surface area contributed by atoms with Crippen LogP contribution in [-0.4, -0.2) is 12.1 Å². The SMILES string of the molecule is CC1CCC(C)N1[n+]1cc(=N)o[n-]1. The molecule has 0 aliphatic carbocycles. The van der Waals surface area contributed by atoms with Gasteiger partial charge in [0.25, 0.3) is 11.8 Å². The van der Waals surface area contributed by atoms with Gasteiger partial charge in [-0.25, -0.2) is 0 Å². The molecule has 1 aliphatic rings. The fourth-order valence-corrected chi connectivity index (χ4v) is 1.93. The quantitative estimate of drug-likeness (QED) is 0.596. The summed E-state index contributed by atoms with van der Waals surface area (Å²) in [6.45, 7) is 4.32. The van der Waals surface area contributed by atoms with Crippen LogP contribution < -0.4 is 20.6 Å². The van der Waals surface area contributed by atoms with Crippen LogP contribution in [0.3, 0.4) is 0 Å². The van der Waals surface area contributed by atoms with E-state index < -0.39 is 0 Å². The van der Waals surface area contributed by atoms with E-state index in [1.165, 1.54) is 12.8 Å². The highest BCUT2D eigenvalue weighted by Gasteiger charge is 2.27. The largest absolute Gasteiger partial charge is 0.380 e. The molecule has 1 saturated heterocycles. The minimum atomic E-state index is 0.103. The number of rotatable bonds is 1. The molecule has 1 aromatic rings. The van der Waals surface area contributed by atoms with E-state index >= 15 is 0 Å². The predicted molar refractivity (Wildman–Crippen MR) is 44.5 cm³/mol. The van der Waals surface area contributed by atoms with Gasteiger partial charge in [0.1, 0.15) is 0 Å². The molecule has 2 rings (SSSR count). The molecule has 0 aromatic carbocycles. The van der Waals surface area contributed by atoms with Gasteiger partial charge >= 0.3 is 0 Å². The van der Waals surface area contributed by atoms with Crippen LogP contribution in [0.25, 0.3) is 0 Å². The Morgan fingerprint density at radius 3 is 2.62 bits per heavy atom. The molecule has 2 atom stereocenters. The van der Waals surface area contributed by atoms with Gasteiger partial charge in [0.2, 0.25) is 0 Å². The first-order chi connectivity index (χ1) is 6.18. The summed E-state index contributed by atoms with van der Waals surface area (Å²) < 4.78 is 4.71. The molecule has 1 fully saturated rings. The van der Waals surface area contributed by atoms with Crippen LogP contribution in [0.2, 0.25) is 0 Å². The van der Waals surface area contributed by atoms with Crippen molar-refractivity contribution in [2.45, 2.75) is 38.8 Å². The van der Waals surface area contributed by atoms with Crippen molar-refractivity contribution in [3.05, 3.63) is 11.8 Å². The minimum Gasteiger partial charge on any atom is -0.380 e. The Bertz CT molecular complexity index is 332. The van der Waals surface area contributed by atoms with Crippen molar-refractivity contribution in [2.24, 2.45) is 0 Å². The predicted octanol–water partition coefficient (Wildman–Crippen LogP) is -0.487. The van der Waals surface area contributed by atoms with Crippen LogP contribution in [-0.2, 0) is 0 Å². The Morgan fingerprint density at radius 1 is 1.54 bits per heavy atom. The van der Waals surface area contributed by atoms with Crippen molar-refractivity contribution >= 4 is 0 Å². The molecule has 13 heavy (non-hydrogen) atoms. The van der Waals surface area contributed by atoms with E-state index in [1.54, 1.807) is 11.0 Å². The van der Waals surface area contributed by atoms with Crippen LogP contribution in [0.15, 0.2) is 10.7 Å². The van der Waals surface area contributed by atoms with E-state index in [4.69, 9.17) is 9.93 Å². The molecule has 2 unspecified atom stereocenters. The van der Waals surface area contributed by atoms with Gasteiger partial charge in [0, 0.05) is 12.1 Å². The lowest BCUT2D eigenvalue weighted by Crippen LogP contribution is -2.64. The first-order valence-electron chi connectivity index (χ1n) is 4.57. The van der Waals surface area contributed by atoms with Gasteiger partial charge in [-0.3, -0.25) is 10.4 Å². The Kier molecular flexibility index (Phi) is 1.86.